The molecule has 33 heavy (non-hydrogen) atoms. The highest BCUT2D eigenvalue weighted by atomic mass is 16.5. The summed E-state index contributed by atoms with van der Waals surface area (Å²) >= 11 is 0. The SMILES string of the molecule is O=C(CCc1ccc(OC[C@H](O)CNCCNC(=O)N2CCOCC2)cc1)OC[C@@H](O)CO. The smallest absolute Gasteiger partial charge is 0.317 e. The second-order valence-electron chi connectivity index (χ2n) is 7.66. The highest BCUT2D eigenvalue weighted by molar-refractivity contribution is 5.74. The molecule has 1 aromatic carbocycles. The van der Waals surface area contributed by atoms with Crippen molar-refractivity contribution >= 4 is 12.0 Å². The number of amides is 2. The van der Waals surface area contributed by atoms with Crippen molar-refractivity contribution in [1.82, 2.24) is 15.5 Å². The van der Waals surface area contributed by atoms with E-state index >= 15 is 0 Å². The summed E-state index contributed by atoms with van der Waals surface area (Å²) in [7, 11) is 0. The number of aryl methyl sites for hydroxylation is 1. The Morgan fingerprint density at radius 1 is 1.06 bits per heavy atom. The lowest BCUT2D eigenvalue weighted by Gasteiger charge is -2.27. The molecule has 0 saturated carbocycles. The van der Waals surface area contributed by atoms with E-state index in [1.165, 1.54) is 0 Å². The maximum atomic E-state index is 11.9. The normalized spacial score (nSPS) is 15.5. The lowest BCUT2D eigenvalue weighted by Crippen LogP contribution is -2.47. The summed E-state index contributed by atoms with van der Waals surface area (Å²) in [6.07, 6.45) is -1.13. The molecule has 1 fully saturated rings. The molecule has 1 aliphatic heterocycles. The third-order valence-electron chi connectivity index (χ3n) is 4.89. The summed E-state index contributed by atoms with van der Waals surface area (Å²) < 4.78 is 15.6. The number of carbonyl (C=O) groups excluding carboxylic acids is 2. The number of ether oxygens (including phenoxy) is 3. The molecule has 11 nitrogen and oxygen atoms in total. The Bertz CT molecular complexity index is 697. The van der Waals surface area contributed by atoms with Gasteiger partial charge in [-0.15, -0.1) is 0 Å². The number of hydrogen-bond donors (Lipinski definition) is 5. The number of hydrogen-bond acceptors (Lipinski definition) is 9. The molecule has 0 unspecified atom stereocenters. The Morgan fingerprint density at radius 3 is 2.48 bits per heavy atom. The average molecular weight is 470 g/mol. The first kappa shape index (κ1) is 26.8. The molecule has 2 rings (SSSR count). The molecule has 1 aliphatic rings. The van der Waals surface area contributed by atoms with Gasteiger partial charge in [-0.25, -0.2) is 4.79 Å². The van der Waals surface area contributed by atoms with Crippen molar-refractivity contribution in [2.75, 3.05) is 65.8 Å². The minimum absolute atomic E-state index is 0.107. The Balaban J connectivity index is 1.53. The maximum Gasteiger partial charge on any atom is 0.317 e. The van der Waals surface area contributed by atoms with Crippen LogP contribution in [0.25, 0.3) is 0 Å². The fourth-order valence-electron chi connectivity index (χ4n) is 2.97. The second kappa shape index (κ2) is 15.4. The van der Waals surface area contributed by atoms with Crippen molar-refractivity contribution in [3.8, 4) is 5.75 Å². The van der Waals surface area contributed by atoms with Crippen LogP contribution >= 0.6 is 0 Å². The molecule has 1 heterocycles. The molecule has 0 bridgehead atoms. The molecule has 2 amide bonds. The Kier molecular flexibility index (Phi) is 12.5. The number of urea groups is 1. The summed E-state index contributed by atoms with van der Waals surface area (Å²) in [4.78, 5) is 25.3. The molecule has 186 valence electrons. The van der Waals surface area contributed by atoms with Crippen LogP contribution in [0.15, 0.2) is 24.3 Å². The van der Waals surface area contributed by atoms with E-state index in [0.29, 0.717) is 58.1 Å². The van der Waals surface area contributed by atoms with E-state index in [0.717, 1.165) is 5.56 Å². The predicted octanol–water partition coefficient (Wildman–Crippen LogP) is -1.11. The number of rotatable bonds is 14. The van der Waals surface area contributed by atoms with E-state index in [2.05, 4.69) is 10.6 Å². The molecule has 2 atom stereocenters. The second-order valence-corrected chi connectivity index (χ2v) is 7.66. The van der Waals surface area contributed by atoms with Gasteiger partial charge in [0.05, 0.1) is 19.8 Å². The predicted molar refractivity (Wildman–Crippen MR) is 119 cm³/mol. The first-order valence-corrected chi connectivity index (χ1v) is 11.1. The topological polar surface area (TPSA) is 150 Å². The largest absolute Gasteiger partial charge is 0.491 e. The molecule has 5 N–H and O–H groups in total. The van der Waals surface area contributed by atoms with Gasteiger partial charge in [0.25, 0.3) is 0 Å². The molecule has 0 aromatic heterocycles. The van der Waals surface area contributed by atoms with E-state index in [1.807, 2.05) is 12.1 Å². The molecule has 11 heteroatoms. The summed E-state index contributed by atoms with van der Waals surface area (Å²) in [5.41, 5.74) is 0.920. The third-order valence-corrected chi connectivity index (χ3v) is 4.89. The van der Waals surface area contributed by atoms with Crippen LogP contribution < -0.4 is 15.4 Å². The number of nitrogens with one attached hydrogen (secondary N) is 2. The quantitative estimate of drug-likeness (QED) is 0.169. The first-order valence-electron chi connectivity index (χ1n) is 11.1. The Morgan fingerprint density at radius 2 is 1.79 bits per heavy atom. The molecular weight excluding hydrogens is 434 g/mol. The van der Waals surface area contributed by atoms with E-state index in [4.69, 9.17) is 24.4 Å². The van der Waals surface area contributed by atoms with E-state index in [-0.39, 0.29) is 25.7 Å². The van der Waals surface area contributed by atoms with Crippen LogP contribution in [0, 0.1) is 0 Å². The molecule has 0 radical (unpaired) electrons. The highest BCUT2D eigenvalue weighted by Gasteiger charge is 2.15. The van der Waals surface area contributed by atoms with Crippen molar-refractivity contribution in [2.45, 2.75) is 25.0 Å². The van der Waals surface area contributed by atoms with E-state index in [9.17, 15) is 14.7 Å². The molecule has 0 aliphatic carbocycles. The van der Waals surface area contributed by atoms with Crippen LogP contribution in [0.2, 0.25) is 0 Å². The van der Waals surface area contributed by atoms with Gasteiger partial charge in [0.15, 0.2) is 0 Å². The van der Waals surface area contributed by atoms with Gasteiger partial charge in [-0.05, 0) is 24.1 Å². The van der Waals surface area contributed by atoms with E-state index in [1.54, 1.807) is 17.0 Å². The lowest BCUT2D eigenvalue weighted by atomic mass is 10.1. The van der Waals surface area contributed by atoms with Crippen LogP contribution in [0.3, 0.4) is 0 Å². The van der Waals surface area contributed by atoms with Gasteiger partial charge < -0.3 is 45.1 Å². The first-order chi connectivity index (χ1) is 16.0. The highest BCUT2D eigenvalue weighted by Crippen LogP contribution is 2.14. The van der Waals surface area contributed by atoms with Crippen molar-refractivity contribution in [3.05, 3.63) is 29.8 Å². The number of benzene rings is 1. The molecular formula is C22H35N3O8. The van der Waals surface area contributed by atoms with Crippen LogP contribution in [-0.2, 0) is 20.7 Å². The summed E-state index contributed by atoms with van der Waals surface area (Å²) in [6.45, 7) is 3.09. The van der Waals surface area contributed by atoms with Crippen molar-refractivity contribution in [1.29, 1.82) is 0 Å². The Hall–Kier alpha value is -2.44. The summed E-state index contributed by atoms with van der Waals surface area (Å²) in [5, 5.41) is 33.8. The van der Waals surface area contributed by atoms with Crippen LogP contribution in [0.4, 0.5) is 4.79 Å². The zero-order valence-corrected chi connectivity index (χ0v) is 18.8. The van der Waals surface area contributed by atoms with Crippen molar-refractivity contribution in [3.63, 3.8) is 0 Å². The average Bonchev–Trinajstić information content (AvgIpc) is 2.85. The number of aliphatic hydroxyl groups is 3. The van der Waals surface area contributed by atoms with Gasteiger partial charge in [-0.1, -0.05) is 12.1 Å². The van der Waals surface area contributed by atoms with Crippen LogP contribution in [0.5, 0.6) is 5.75 Å². The minimum Gasteiger partial charge on any atom is -0.491 e. The number of aliphatic hydroxyl groups excluding tert-OH is 3. The van der Waals surface area contributed by atoms with Gasteiger partial charge in [0.2, 0.25) is 0 Å². The summed E-state index contributed by atoms with van der Waals surface area (Å²) in [6, 6.07) is 7.07. The standard InChI is InChI=1S/C22H35N3O8/c26-14-19(28)16-33-21(29)6-3-17-1-4-20(5-2-17)32-15-18(27)13-23-7-8-24-22(30)25-9-11-31-12-10-25/h1-2,4-5,18-19,23,26-28H,3,6-16H2,(H,24,30)/t18-,19+/m1/s1. The van der Waals surface area contributed by atoms with Gasteiger partial charge in [-0.3, -0.25) is 4.79 Å². The van der Waals surface area contributed by atoms with Gasteiger partial charge in [-0.2, -0.15) is 0 Å². The number of esters is 1. The van der Waals surface area contributed by atoms with Crippen molar-refractivity contribution in [2.24, 2.45) is 0 Å². The van der Waals surface area contributed by atoms with Gasteiger partial charge in [0.1, 0.15) is 31.2 Å². The molecule has 1 aromatic rings. The van der Waals surface area contributed by atoms with Gasteiger partial charge >= 0.3 is 12.0 Å². The zero-order chi connectivity index (χ0) is 23.9. The number of morpholine rings is 1. The van der Waals surface area contributed by atoms with E-state index < -0.39 is 24.8 Å². The fourth-order valence-corrected chi connectivity index (χ4v) is 2.97. The maximum absolute atomic E-state index is 11.9. The Labute approximate surface area is 193 Å². The molecule has 0 spiro atoms. The summed E-state index contributed by atoms with van der Waals surface area (Å²) in [5.74, 6) is 0.156. The fraction of sp³-hybridized carbons (Fsp3) is 0.636. The van der Waals surface area contributed by atoms with Crippen LogP contribution in [0.1, 0.15) is 12.0 Å². The van der Waals surface area contributed by atoms with Crippen LogP contribution in [-0.4, -0.2) is 110 Å². The minimum atomic E-state index is -1.06. The monoisotopic (exact) mass is 469 g/mol. The lowest BCUT2D eigenvalue weighted by molar-refractivity contribution is -0.147. The number of carbonyl (C=O) groups is 2. The number of nitrogens with zero attached hydrogens (tertiary/aromatic N) is 1. The third kappa shape index (κ3) is 11.3. The van der Waals surface area contributed by atoms with Crippen molar-refractivity contribution < 1.29 is 39.1 Å². The molecule has 1 saturated heterocycles. The van der Waals surface area contributed by atoms with Gasteiger partial charge in [0, 0.05) is 39.1 Å². The zero-order valence-electron chi connectivity index (χ0n) is 18.8.